The average Bonchev–Trinajstić information content (AvgIpc) is 2.94. The van der Waals surface area contributed by atoms with Gasteiger partial charge in [0.15, 0.2) is 0 Å². The Morgan fingerprint density at radius 3 is 2.67 bits per heavy atom. The van der Waals surface area contributed by atoms with Gasteiger partial charge in [-0.3, -0.25) is 4.79 Å². The van der Waals surface area contributed by atoms with Gasteiger partial charge in [-0.1, -0.05) is 6.07 Å². The molecule has 1 atom stereocenters. The zero-order valence-corrected chi connectivity index (χ0v) is 13.3. The zero-order chi connectivity index (χ0) is 15.6. The van der Waals surface area contributed by atoms with E-state index in [0.717, 1.165) is 22.8 Å². The number of carbonyl (C=O) groups excluding carboxylic acids is 1. The Morgan fingerprint density at radius 2 is 2.10 bits per heavy atom. The fourth-order valence-corrected chi connectivity index (χ4v) is 3.15. The van der Waals surface area contributed by atoms with Crippen molar-refractivity contribution in [3.63, 3.8) is 0 Å². The van der Waals surface area contributed by atoms with Crippen LogP contribution in [0.2, 0.25) is 0 Å². The standard InChI is InChI=1S/C14H21N3O3S/c1-10-4-5-12(21(19,20)17(2)3)8-13(10)16-14(18)11-6-7-15-9-11/h4-5,8,11,15H,6-7,9H2,1-3H3,(H,16,18). The topological polar surface area (TPSA) is 78.5 Å². The maximum atomic E-state index is 12.2. The molecule has 7 heteroatoms. The Morgan fingerprint density at radius 1 is 1.38 bits per heavy atom. The lowest BCUT2D eigenvalue weighted by Gasteiger charge is -2.15. The molecule has 0 radical (unpaired) electrons. The molecule has 2 N–H and O–H groups in total. The van der Waals surface area contributed by atoms with Gasteiger partial charge in [0.2, 0.25) is 15.9 Å². The van der Waals surface area contributed by atoms with Gasteiger partial charge in [-0.15, -0.1) is 0 Å². The smallest absolute Gasteiger partial charge is 0.242 e. The van der Waals surface area contributed by atoms with Gasteiger partial charge < -0.3 is 10.6 Å². The van der Waals surface area contributed by atoms with Crippen LogP contribution in [0, 0.1) is 12.8 Å². The molecule has 1 aromatic rings. The highest BCUT2D eigenvalue weighted by Gasteiger charge is 2.24. The average molecular weight is 311 g/mol. The van der Waals surface area contributed by atoms with E-state index >= 15 is 0 Å². The van der Waals surface area contributed by atoms with E-state index in [0.29, 0.717) is 12.2 Å². The zero-order valence-electron chi connectivity index (χ0n) is 12.5. The minimum atomic E-state index is -3.50. The molecule has 1 saturated heterocycles. The third-order valence-corrected chi connectivity index (χ3v) is 5.49. The Kier molecular flexibility index (Phi) is 4.65. The monoisotopic (exact) mass is 311 g/mol. The van der Waals surface area contributed by atoms with E-state index in [-0.39, 0.29) is 16.7 Å². The van der Waals surface area contributed by atoms with E-state index in [4.69, 9.17) is 0 Å². The summed E-state index contributed by atoms with van der Waals surface area (Å²) in [5, 5.41) is 5.98. The molecule has 2 rings (SSSR count). The molecule has 1 aliphatic rings. The van der Waals surface area contributed by atoms with Crippen LogP contribution in [0.5, 0.6) is 0 Å². The Balaban J connectivity index is 2.25. The number of sulfonamides is 1. The van der Waals surface area contributed by atoms with Crippen LogP contribution in [-0.4, -0.2) is 45.8 Å². The molecule has 6 nitrogen and oxygen atoms in total. The Labute approximate surface area is 125 Å². The molecule has 21 heavy (non-hydrogen) atoms. The molecule has 1 heterocycles. The van der Waals surface area contributed by atoms with E-state index in [1.54, 1.807) is 12.1 Å². The summed E-state index contributed by atoms with van der Waals surface area (Å²) in [5.74, 6) is -0.124. The van der Waals surface area contributed by atoms with Gasteiger partial charge in [-0.2, -0.15) is 0 Å². The first-order chi connectivity index (χ1) is 9.82. The first-order valence-corrected chi connectivity index (χ1v) is 8.31. The molecule has 1 fully saturated rings. The minimum absolute atomic E-state index is 0.0569. The van der Waals surface area contributed by atoms with E-state index in [1.165, 1.54) is 20.2 Å². The molecule has 1 aliphatic heterocycles. The molecule has 116 valence electrons. The third-order valence-electron chi connectivity index (χ3n) is 3.68. The van der Waals surface area contributed by atoms with Gasteiger partial charge in [-0.05, 0) is 37.6 Å². The fourth-order valence-electron chi connectivity index (χ4n) is 2.22. The summed E-state index contributed by atoms with van der Waals surface area (Å²) in [4.78, 5) is 12.3. The highest BCUT2D eigenvalue weighted by atomic mass is 32.2. The molecular formula is C14H21N3O3S. The normalized spacial score (nSPS) is 19.0. The molecule has 0 spiro atoms. The van der Waals surface area contributed by atoms with Crippen molar-refractivity contribution in [1.82, 2.24) is 9.62 Å². The fraction of sp³-hybridized carbons (Fsp3) is 0.500. The lowest BCUT2D eigenvalue weighted by molar-refractivity contribution is -0.119. The number of aryl methyl sites for hydroxylation is 1. The maximum Gasteiger partial charge on any atom is 0.242 e. The lowest BCUT2D eigenvalue weighted by atomic mass is 10.1. The van der Waals surface area contributed by atoms with E-state index in [2.05, 4.69) is 10.6 Å². The maximum absolute atomic E-state index is 12.2. The number of hydrogen-bond acceptors (Lipinski definition) is 4. The first kappa shape index (κ1) is 15.9. The van der Waals surface area contributed by atoms with Gasteiger partial charge in [0, 0.05) is 26.3 Å². The van der Waals surface area contributed by atoms with Crippen molar-refractivity contribution in [2.45, 2.75) is 18.2 Å². The summed E-state index contributed by atoms with van der Waals surface area (Å²) in [6.07, 6.45) is 0.806. The van der Waals surface area contributed by atoms with Crippen molar-refractivity contribution in [3.8, 4) is 0 Å². The van der Waals surface area contributed by atoms with Crippen LogP contribution in [0.25, 0.3) is 0 Å². The molecular weight excluding hydrogens is 290 g/mol. The number of nitrogens with one attached hydrogen (secondary N) is 2. The van der Waals surface area contributed by atoms with Gasteiger partial charge in [0.1, 0.15) is 0 Å². The van der Waals surface area contributed by atoms with Crippen molar-refractivity contribution in [2.24, 2.45) is 5.92 Å². The van der Waals surface area contributed by atoms with Gasteiger partial charge in [0.05, 0.1) is 10.8 Å². The van der Waals surface area contributed by atoms with Crippen LogP contribution < -0.4 is 10.6 Å². The molecule has 1 amide bonds. The van der Waals surface area contributed by atoms with Crippen LogP contribution in [0.15, 0.2) is 23.1 Å². The quantitative estimate of drug-likeness (QED) is 0.862. The van der Waals surface area contributed by atoms with Crippen LogP contribution in [0.3, 0.4) is 0 Å². The molecule has 0 saturated carbocycles. The highest BCUT2D eigenvalue weighted by molar-refractivity contribution is 7.89. The summed E-state index contributed by atoms with van der Waals surface area (Å²) >= 11 is 0. The van der Waals surface area contributed by atoms with Crippen LogP contribution in [0.4, 0.5) is 5.69 Å². The molecule has 0 aliphatic carbocycles. The largest absolute Gasteiger partial charge is 0.326 e. The minimum Gasteiger partial charge on any atom is -0.326 e. The van der Waals surface area contributed by atoms with Crippen molar-refractivity contribution in [1.29, 1.82) is 0 Å². The number of carbonyl (C=O) groups is 1. The third kappa shape index (κ3) is 3.42. The Hall–Kier alpha value is -1.44. The van der Waals surface area contributed by atoms with E-state index in [9.17, 15) is 13.2 Å². The second kappa shape index (κ2) is 6.13. The molecule has 0 bridgehead atoms. The summed E-state index contributed by atoms with van der Waals surface area (Å²) in [5.41, 5.74) is 1.39. The molecule has 0 aromatic heterocycles. The summed E-state index contributed by atoms with van der Waals surface area (Å²) in [7, 11) is -0.534. The van der Waals surface area contributed by atoms with E-state index in [1.807, 2.05) is 6.92 Å². The number of hydrogen-bond donors (Lipinski definition) is 2. The lowest BCUT2D eigenvalue weighted by Crippen LogP contribution is -2.25. The second-order valence-corrected chi connectivity index (χ2v) is 7.59. The predicted octanol–water partition coefficient (Wildman–Crippen LogP) is 0.793. The number of nitrogens with zero attached hydrogens (tertiary/aromatic N) is 1. The summed E-state index contributed by atoms with van der Waals surface area (Å²) < 4.78 is 25.4. The number of rotatable bonds is 4. The SMILES string of the molecule is Cc1ccc(S(=O)(=O)N(C)C)cc1NC(=O)C1CCNC1. The number of amides is 1. The summed E-state index contributed by atoms with van der Waals surface area (Å²) in [6, 6.07) is 4.78. The summed E-state index contributed by atoms with van der Waals surface area (Å²) in [6.45, 7) is 3.35. The number of anilines is 1. The van der Waals surface area contributed by atoms with Crippen molar-refractivity contribution in [3.05, 3.63) is 23.8 Å². The van der Waals surface area contributed by atoms with Crippen LogP contribution >= 0.6 is 0 Å². The second-order valence-electron chi connectivity index (χ2n) is 5.44. The van der Waals surface area contributed by atoms with Gasteiger partial charge in [0.25, 0.3) is 0 Å². The van der Waals surface area contributed by atoms with Crippen molar-refractivity contribution < 1.29 is 13.2 Å². The number of benzene rings is 1. The first-order valence-electron chi connectivity index (χ1n) is 6.87. The predicted molar refractivity (Wildman–Crippen MR) is 81.7 cm³/mol. The van der Waals surface area contributed by atoms with Crippen molar-refractivity contribution in [2.75, 3.05) is 32.5 Å². The van der Waals surface area contributed by atoms with Crippen LogP contribution in [-0.2, 0) is 14.8 Å². The van der Waals surface area contributed by atoms with Gasteiger partial charge in [-0.25, -0.2) is 12.7 Å². The van der Waals surface area contributed by atoms with Crippen LogP contribution in [0.1, 0.15) is 12.0 Å². The van der Waals surface area contributed by atoms with Gasteiger partial charge >= 0.3 is 0 Å². The molecule has 1 aromatic carbocycles. The molecule has 1 unspecified atom stereocenters. The Bertz CT molecular complexity index is 635. The van der Waals surface area contributed by atoms with Crippen molar-refractivity contribution >= 4 is 21.6 Å². The highest BCUT2D eigenvalue weighted by Crippen LogP contribution is 2.23. The van der Waals surface area contributed by atoms with E-state index < -0.39 is 10.0 Å².